The molecule has 0 saturated heterocycles. The molecule has 0 heterocycles. The highest BCUT2D eigenvalue weighted by Crippen LogP contribution is 2.25. The Bertz CT molecular complexity index is 1040. The van der Waals surface area contributed by atoms with Crippen molar-refractivity contribution >= 4 is 33.3 Å². The first-order valence-corrected chi connectivity index (χ1v) is 11.4. The molecule has 162 valence electrons. The highest BCUT2D eigenvalue weighted by atomic mass is 32.2. The average Bonchev–Trinajstić information content (AvgIpc) is 2.61. The maximum absolute atomic E-state index is 13.0. The zero-order chi connectivity index (χ0) is 22.6. The fourth-order valence-electron chi connectivity index (χ4n) is 3.22. The first-order valence-electron chi connectivity index (χ1n) is 9.60. The van der Waals surface area contributed by atoms with Crippen LogP contribution in [0.15, 0.2) is 36.4 Å². The minimum absolute atomic E-state index is 0.241. The van der Waals surface area contributed by atoms with E-state index in [9.17, 15) is 18.0 Å². The lowest BCUT2D eigenvalue weighted by Crippen LogP contribution is -2.45. The van der Waals surface area contributed by atoms with Crippen LogP contribution in [0.3, 0.4) is 0 Å². The Morgan fingerprint density at radius 2 is 1.67 bits per heavy atom. The molecule has 2 rings (SSSR count). The van der Waals surface area contributed by atoms with Crippen LogP contribution in [0, 0.1) is 20.8 Å². The molecule has 2 aromatic rings. The van der Waals surface area contributed by atoms with Gasteiger partial charge in [0, 0.05) is 5.69 Å². The molecule has 1 unspecified atom stereocenters. The molecule has 1 atom stereocenters. The maximum Gasteiger partial charge on any atom is 0.338 e. The number of hydrogen-bond acceptors (Lipinski definition) is 5. The van der Waals surface area contributed by atoms with Gasteiger partial charge < -0.3 is 10.1 Å². The van der Waals surface area contributed by atoms with Crippen molar-refractivity contribution in [2.75, 3.05) is 22.5 Å². The quantitative estimate of drug-likeness (QED) is 0.675. The number of hydrogen-bond donors (Lipinski definition) is 1. The second-order valence-corrected chi connectivity index (χ2v) is 9.18. The predicted octanol–water partition coefficient (Wildman–Crippen LogP) is 3.58. The molecule has 0 radical (unpaired) electrons. The summed E-state index contributed by atoms with van der Waals surface area (Å²) in [5, 5.41) is 2.75. The highest BCUT2D eigenvalue weighted by molar-refractivity contribution is 7.92. The molecule has 0 bridgehead atoms. The topological polar surface area (TPSA) is 92.8 Å². The van der Waals surface area contributed by atoms with Crippen molar-refractivity contribution in [2.24, 2.45) is 0 Å². The van der Waals surface area contributed by atoms with Crippen molar-refractivity contribution in [1.82, 2.24) is 0 Å². The Kier molecular flexibility index (Phi) is 7.25. The van der Waals surface area contributed by atoms with Crippen LogP contribution in [-0.2, 0) is 19.6 Å². The van der Waals surface area contributed by atoms with E-state index in [0.717, 1.165) is 27.3 Å². The van der Waals surface area contributed by atoms with Gasteiger partial charge in [0.1, 0.15) is 6.04 Å². The van der Waals surface area contributed by atoms with Gasteiger partial charge in [0.05, 0.1) is 24.1 Å². The van der Waals surface area contributed by atoms with Crippen molar-refractivity contribution < 1.29 is 22.7 Å². The van der Waals surface area contributed by atoms with Crippen molar-refractivity contribution in [1.29, 1.82) is 0 Å². The minimum atomic E-state index is -3.73. The molecule has 7 nitrogen and oxygen atoms in total. The molecule has 0 spiro atoms. The van der Waals surface area contributed by atoms with E-state index in [0.29, 0.717) is 16.9 Å². The number of nitrogens with zero attached hydrogens (tertiary/aromatic N) is 1. The van der Waals surface area contributed by atoms with Crippen molar-refractivity contribution in [3.8, 4) is 0 Å². The molecule has 0 aliphatic heterocycles. The molecule has 0 aliphatic carbocycles. The zero-order valence-electron chi connectivity index (χ0n) is 18.1. The van der Waals surface area contributed by atoms with Gasteiger partial charge in [-0.05, 0) is 75.6 Å². The largest absolute Gasteiger partial charge is 0.462 e. The average molecular weight is 433 g/mol. The van der Waals surface area contributed by atoms with Gasteiger partial charge in [-0.2, -0.15) is 0 Å². The van der Waals surface area contributed by atoms with E-state index in [2.05, 4.69) is 5.32 Å². The van der Waals surface area contributed by atoms with Gasteiger partial charge in [0.25, 0.3) is 0 Å². The number of nitrogens with one attached hydrogen (secondary N) is 1. The van der Waals surface area contributed by atoms with E-state index in [4.69, 9.17) is 4.74 Å². The monoisotopic (exact) mass is 432 g/mol. The van der Waals surface area contributed by atoms with E-state index in [-0.39, 0.29) is 6.61 Å². The van der Waals surface area contributed by atoms with E-state index in [1.165, 1.54) is 13.0 Å². The number of ether oxygens (including phenoxy) is 1. The molecular weight excluding hydrogens is 404 g/mol. The number of amides is 1. The molecule has 1 amide bonds. The van der Waals surface area contributed by atoms with Crippen LogP contribution < -0.4 is 9.62 Å². The zero-order valence-corrected chi connectivity index (χ0v) is 19.0. The molecule has 0 saturated carbocycles. The van der Waals surface area contributed by atoms with Crippen molar-refractivity contribution in [3.05, 3.63) is 58.7 Å². The van der Waals surface area contributed by atoms with Crippen molar-refractivity contribution in [3.63, 3.8) is 0 Å². The predicted molar refractivity (Wildman–Crippen MR) is 118 cm³/mol. The number of sulfonamides is 1. The second-order valence-electron chi connectivity index (χ2n) is 7.32. The van der Waals surface area contributed by atoms with E-state index >= 15 is 0 Å². The molecule has 8 heteroatoms. The van der Waals surface area contributed by atoms with Gasteiger partial charge in [-0.25, -0.2) is 13.2 Å². The molecule has 1 N–H and O–H groups in total. The van der Waals surface area contributed by atoms with E-state index in [1.54, 1.807) is 38.1 Å². The number of rotatable bonds is 7. The summed E-state index contributed by atoms with van der Waals surface area (Å²) < 4.78 is 31.1. The Labute approximate surface area is 178 Å². The maximum atomic E-state index is 13.0. The Hall–Kier alpha value is -2.87. The van der Waals surface area contributed by atoms with Gasteiger partial charge >= 0.3 is 5.97 Å². The summed E-state index contributed by atoms with van der Waals surface area (Å²) in [5.41, 5.74) is 3.68. The van der Waals surface area contributed by atoms with Crippen LogP contribution in [0.2, 0.25) is 0 Å². The summed E-state index contributed by atoms with van der Waals surface area (Å²) in [6.07, 6.45) is 1.07. The smallest absolute Gasteiger partial charge is 0.338 e. The first-order chi connectivity index (χ1) is 13.9. The lowest BCUT2D eigenvalue weighted by molar-refractivity contribution is -0.116. The van der Waals surface area contributed by atoms with E-state index < -0.39 is 27.9 Å². The summed E-state index contributed by atoms with van der Waals surface area (Å²) >= 11 is 0. The molecule has 0 aromatic heterocycles. The highest BCUT2D eigenvalue weighted by Gasteiger charge is 2.29. The van der Waals surface area contributed by atoms with Crippen molar-refractivity contribution in [2.45, 2.75) is 40.7 Å². The minimum Gasteiger partial charge on any atom is -0.462 e. The molecule has 0 aliphatic rings. The number of esters is 1. The van der Waals surface area contributed by atoms with Gasteiger partial charge in [0.15, 0.2) is 0 Å². The van der Waals surface area contributed by atoms with Crippen LogP contribution in [0.4, 0.5) is 11.4 Å². The number of aryl methyl sites for hydroxylation is 3. The fourth-order valence-corrected chi connectivity index (χ4v) is 4.38. The molecule has 30 heavy (non-hydrogen) atoms. The number of carbonyl (C=O) groups is 2. The Morgan fingerprint density at radius 1 is 1.07 bits per heavy atom. The number of anilines is 2. The van der Waals surface area contributed by atoms with Crippen LogP contribution in [0.1, 0.15) is 40.9 Å². The van der Waals surface area contributed by atoms with Crippen LogP contribution in [0.25, 0.3) is 0 Å². The third-order valence-corrected chi connectivity index (χ3v) is 5.80. The van der Waals surface area contributed by atoms with Gasteiger partial charge in [-0.3, -0.25) is 9.10 Å². The third kappa shape index (κ3) is 5.60. The molecule has 2 aromatic carbocycles. The number of benzene rings is 2. The second kappa shape index (κ2) is 9.30. The first kappa shape index (κ1) is 23.4. The summed E-state index contributed by atoms with van der Waals surface area (Å²) in [6.45, 7) is 9.00. The van der Waals surface area contributed by atoms with Crippen LogP contribution in [0.5, 0.6) is 0 Å². The summed E-state index contributed by atoms with van der Waals surface area (Å²) in [5.74, 6) is -1.00. The third-order valence-electron chi connectivity index (χ3n) is 4.56. The van der Waals surface area contributed by atoms with Gasteiger partial charge in [-0.1, -0.05) is 12.1 Å². The van der Waals surface area contributed by atoms with Gasteiger partial charge in [-0.15, -0.1) is 0 Å². The molecular formula is C22H28N2O5S. The van der Waals surface area contributed by atoms with Crippen LogP contribution >= 0.6 is 0 Å². The fraction of sp³-hybridized carbons (Fsp3) is 0.364. The summed E-state index contributed by atoms with van der Waals surface area (Å²) in [4.78, 5) is 25.0. The lowest BCUT2D eigenvalue weighted by Gasteiger charge is -2.29. The molecule has 0 fully saturated rings. The Morgan fingerprint density at radius 3 is 2.20 bits per heavy atom. The van der Waals surface area contributed by atoms with E-state index in [1.807, 2.05) is 19.9 Å². The lowest BCUT2D eigenvalue weighted by atomic mass is 10.1. The summed E-state index contributed by atoms with van der Waals surface area (Å²) in [6, 6.07) is 9.22. The number of carbonyl (C=O) groups excluding carboxylic acids is 2. The SMILES string of the molecule is CCOC(=O)c1ccc(C)c(NC(=O)C(C)N(c2cc(C)cc(C)c2)S(C)(=O)=O)c1. The summed E-state index contributed by atoms with van der Waals surface area (Å²) in [7, 11) is -3.73. The standard InChI is InChI=1S/C22H28N2O5S/c1-7-29-22(26)18-9-8-16(4)20(13-18)23-21(25)17(5)24(30(6,27)28)19-11-14(2)10-15(3)12-19/h8-13,17H,7H2,1-6H3,(H,23,25). The Balaban J connectivity index is 2.37. The normalized spacial score (nSPS) is 12.2. The van der Waals surface area contributed by atoms with Gasteiger partial charge in [0.2, 0.25) is 15.9 Å². The van der Waals surface area contributed by atoms with Crippen LogP contribution in [-0.4, -0.2) is 39.2 Å².